The van der Waals surface area contributed by atoms with Gasteiger partial charge in [-0.15, -0.1) is 11.3 Å². The lowest BCUT2D eigenvalue weighted by Gasteiger charge is -2.40. The van der Waals surface area contributed by atoms with Crippen molar-refractivity contribution in [2.24, 2.45) is 0 Å². The molecule has 0 radical (unpaired) electrons. The second-order valence-corrected chi connectivity index (χ2v) is 6.80. The quantitative estimate of drug-likeness (QED) is 0.736. The first-order valence-electron chi connectivity index (χ1n) is 7.50. The van der Waals surface area contributed by atoms with Gasteiger partial charge in [-0.3, -0.25) is 0 Å². The Morgan fingerprint density at radius 2 is 1.96 bits per heavy atom. The maximum absolute atomic E-state index is 6.03. The largest absolute Gasteiger partial charge is 0.493 e. The van der Waals surface area contributed by atoms with Crippen LogP contribution in [-0.2, 0) is 0 Å². The van der Waals surface area contributed by atoms with Gasteiger partial charge >= 0.3 is 0 Å². The molecule has 0 spiro atoms. The average Bonchev–Trinajstić information content (AvgIpc) is 2.91. The van der Waals surface area contributed by atoms with Crippen LogP contribution in [0.2, 0.25) is 0 Å². The lowest BCUT2D eigenvalue weighted by Crippen LogP contribution is -2.54. The van der Waals surface area contributed by atoms with Crippen molar-refractivity contribution in [3.63, 3.8) is 0 Å². The number of anilines is 1. The highest BCUT2D eigenvalue weighted by atomic mass is 32.1. The average molecular weight is 327 g/mol. The van der Waals surface area contributed by atoms with Crippen molar-refractivity contribution < 1.29 is 9.47 Å². The summed E-state index contributed by atoms with van der Waals surface area (Å²) >= 11 is 1.70. The monoisotopic (exact) mass is 327 g/mol. The first kappa shape index (κ1) is 14.3. The van der Waals surface area contributed by atoms with Crippen molar-refractivity contribution in [2.45, 2.75) is 13.0 Å². The van der Waals surface area contributed by atoms with E-state index in [2.05, 4.69) is 27.9 Å². The summed E-state index contributed by atoms with van der Waals surface area (Å²) in [6.45, 7) is 3.73. The summed E-state index contributed by atoms with van der Waals surface area (Å²) in [6, 6.07) is 9.90. The van der Waals surface area contributed by atoms with Gasteiger partial charge in [0.2, 0.25) is 0 Å². The van der Waals surface area contributed by atoms with E-state index in [1.165, 1.54) is 4.88 Å². The molecule has 1 saturated heterocycles. The number of aryl methyl sites for hydroxylation is 1. The molecule has 1 aliphatic heterocycles. The highest BCUT2D eigenvalue weighted by Gasteiger charge is 2.31. The van der Waals surface area contributed by atoms with Crippen LogP contribution in [0.3, 0.4) is 0 Å². The summed E-state index contributed by atoms with van der Waals surface area (Å²) in [4.78, 5) is 13.3. The predicted molar refractivity (Wildman–Crippen MR) is 91.8 cm³/mol. The second kappa shape index (κ2) is 5.70. The van der Waals surface area contributed by atoms with Crippen molar-refractivity contribution >= 4 is 27.4 Å². The molecule has 1 aliphatic rings. The van der Waals surface area contributed by atoms with E-state index in [1.807, 2.05) is 24.3 Å². The number of ether oxygens (including phenoxy) is 2. The molecule has 0 bridgehead atoms. The van der Waals surface area contributed by atoms with Crippen molar-refractivity contribution in [3.8, 4) is 11.5 Å². The molecule has 0 N–H and O–H groups in total. The Morgan fingerprint density at radius 1 is 1.17 bits per heavy atom. The number of aromatic nitrogens is 2. The van der Waals surface area contributed by atoms with Crippen LogP contribution in [0.1, 0.15) is 4.88 Å². The van der Waals surface area contributed by atoms with E-state index in [4.69, 9.17) is 9.47 Å². The highest BCUT2D eigenvalue weighted by molar-refractivity contribution is 7.18. The van der Waals surface area contributed by atoms with Crippen LogP contribution < -0.4 is 14.4 Å². The van der Waals surface area contributed by atoms with Gasteiger partial charge in [-0.1, -0.05) is 12.1 Å². The molecule has 3 heterocycles. The molecule has 5 nitrogen and oxygen atoms in total. The molecule has 3 aromatic rings. The van der Waals surface area contributed by atoms with Gasteiger partial charge in [0.1, 0.15) is 23.1 Å². The third kappa shape index (κ3) is 2.59. The van der Waals surface area contributed by atoms with Gasteiger partial charge in [-0.25, -0.2) is 9.97 Å². The van der Waals surface area contributed by atoms with Gasteiger partial charge in [0, 0.05) is 4.88 Å². The Balaban J connectivity index is 1.49. The Kier molecular flexibility index (Phi) is 3.53. The number of para-hydroxylation sites is 2. The summed E-state index contributed by atoms with van der Waals surface area (Å²) in [6.07, 6.45) is 1.79. The number of rotatable bonds is 4. The summed E-state index contributed by atoms with van der Waals surface area (Å²) in [5.74, 6) is 2.56. The predicted octanol–water partition coefficient (Wildman–Crippen LogP) is 3.28. The number of nitrogens with zero attached hydrogens (tertiary/aromatic N) is 3. The van der Waals surface area contributed by atoms with Gasteiger partial charge < -0.3 is 14.4 Å². The van der Waals surface area contributed by atoms with Crippen molar-refractivity contribution in [1.29, 1.82) is 0 Å². The fraction of sp³-hybridized carbons (Fsp3) is 0.294. The van der Waals surface area contributed by atoms with Crippen LogP contribution in [0.25, 0.3) is 10.2 Å². The maximum atomic E-state index is 6.03. The number of hydrogen-bond donors (Lipinski definition) is 0. The van der Waals surface area contributed by atoms with E-state index in [1.54, 1.807) is 24.8 Å². The van der Waals surface area contributed by atoms with Crippen LogP contribution in [0.15, 0.2) is 36.7 Å². The SMILES string of the molecule is COc1ccccc1OC1CN(c2ncnc3sc(C)cc23)C1. The number of hydrogen-bond acceptors (Lipinski definition) is 6. The van der Waals surface area contributed by atoms with E-state index in [0.29, 0.717) is 0 Å². The van der Waals surface area contributed by atoms with Gasteiger partial charge in [0.25, 0.3) is 0 Å². The molecule has 118 valence electrons. The van der Waals surface area contributed by atoms with E-state index in [9.17, 15) is 0 Å². The molecule has 4 rings (SSSR count). The zero-order chi connectivity index (χ0) is 15.8. The number of benzene rings is 1. The van der Waals surface area contributed by atoms with E-state index in [0.717, 1.165) is 40.6 Å². The summed E-state index contributed by atoms with van der Waals surface area (Å²) in [5.41, 5.74) is 0. The number of methoxy groups -OCH3 is 1. The van der Waals surface area contributed by atoms with Crippen LogP contribution in [0.5, 0.6) is 11.5 Å². The molecule has 2 aromatic heterocycles. The first-order valence-corrected chi connectivity index (χ1v) is 8.32. The molecule has 0 aliphatic carbocycles. The fourth-order valence-electron chi connectivity index (χ4n) is 2.80. The topological polar surface area (TPSA) is 47.5 Å². The van der Waals surface area contributed by atoms with Gasteiger partial charge in [-0.05, 0) is 25.1 Å². The maximum Gasteiger partial charge on any atom is 0.161 e. The minimum atomic E-state index is 0.149. The molecular weight excluding hydrogens is 310 g/mol. The molecular formula is C17H17N3O2S. The summed E-state index contributed by atoms with van der Waals surface area (Å²) in [5, 5.41) is 1.13. The smallest absolute Gasteiger partial charge is 0.161 e. The zero-order valence-corrected chi connectivity index (χ0v) is 13.8. The van der Waals surface area contributed by atoms with E-state index >= 15 is 0 Å². The van der Waals surface area contributed by atoms with E-state index < -0.39 is 0 Å². The van der Waals surface area contributed by atoms with Crippen molar-refractivity contribution in [3.05, 3.63) is 41.5 Å². The Hall–Kier alpha value is -2.34. The standard InChI is InChI=1S/C17H17N3O2S/c1-11-7-13-16(18-10-19-17(13)23-11)20-8-12(9-20)22-15-6-4-3-5-14(15)21-2/h3-7,10,12H,8-9H2,1-2H3. The molecule has 0 unspecified atom stereocenters. The molecule has 1 aromatic carbocycles. The van der Waals surface area contributed by atoms with Crippen LogP contribution in [0, 0.1) is 6.92 Å². The lowest BCUT2D eigenvalue weighted by atomic mass is 10.1. The van der Waals surface area contributed by atoms with Crippen LogP contribution in [0.4, 0.5) is 5.82 Å². The zero-order valence-electron chi connectivity index (χ0n) is 13.0. The number of fused-ring (bicyclic) bond motifs is 1. The Morgan fingerprint density at radius 3 is 2.74 bits per heavy atom. The first-order chi connectivity index (χ1) is 11.2. The normalized spacial score (nSPS) is 14.8. The third-order valence-corrected chi connectivity index (χ3v) is 4.90. The fourth-order valence-corrected chi connectivity index (χ4v) is 3.64. The van der Waals surface area contributed by atoms with Gasteiger partial charge in [0.15, 0.2) is 11.5 Å². The Bertz CT molecular complexity index is 843. The highest BCUT2D eigenvalue weighted by Crippen LogP contribution is 2.34. The van der Waals surface area contributed by atoms with Gasteiger partial charge in [0.05, 0.1) is 25.6 Å². The molecule has 1 fully saturated rings. The minimum Gasteiger partial charge on any atom is -0.493 e. The molecule has 0 amide bonds. The Labute approximate surface area is 138 Å². The van der Waals surface area contributed by atoms with Gasteiger partial charge in [-0.2, -0.15) is 0 Å². The van der Waals surface area contributed by atoms with Crippen molar-refractivity contribution in [2.75, 3.05) is 25.1 Å². The third-order valence-electron chi connectivity index (χ3n) is 3.94. The molecule has 6 heteroatoms. The van der Waals surface area contributed by atoms with Crippen molar-refractivity contribution in [1.82, 2.24) is 9.97 Å². The van der Waals surface area contributed by atoms with Crippen LogP contribution >= 0.6 is 11.3 Å². The number of thiophene rings is 1. The summed E-state index contributed by atoms with van der Waals surface area (Å²) < 4.78 is 11.4. The summed E-state index contributed by atoms with van der Waals surface area (Å²) in [7, 11) is 1.66. The molecule has 0 atom stereocenters. The van der Waals surface area contributed by atoms with E-state index in [-0.39, 0.29) is 6.10 Å². The lowest BCUT2D eigenvalue weighted by molar-refractivity contribution is 0.161. The molecule has 23 heavy (non-hydrogen) atoms. The second-order valence-electron chi connectivity index (χ2n) is 5.57. The van der Waals surface area contributed by atoms with Crippen LogP contribution in [-0.4, -0.2) is 36.3 Å². The molecule has 0 saturated carbocycles. The minimum absolute atomic E-state index is 0.149.